The van der Waals surface area contributed by atoms with Crippen LogP contribution in [0.15, 0.2) is 41.6 Å². The average molecular weight is 442 g/mol. The molecule has 4 rings (SSSR count). The molecule has 2 aromatic carbocycles. The minimum Gasteiger partial charge on any atom is -0.505 e. The molecule has 1 aliphatic carbocycles. The van der Waals surface area contributed by atoms with Crippen molar-refractivity contribution in [2.24, 2.45) is 0 Å². The smallest absolute Gasteiger partial charge is 0.186 e. The Morgan fingerprint density at radius 2 is 1.96 bits per heavy atom. The van der Waals surface area contributed by atoms with Crippen LogP contribution in [0.3, 0.4) is 0 Å². The number of aromatic nitrogens is 3. The normalized spacial score (nSPS) is 14.4. The first-order valence-electron chi connectivity index (χ1n) is 8.36. The topological polar surface area (TPSA) is 85.1 Å². The molecule has 0 unspecified atom stereocenters. The first-order valence-corrected chi connectivity index (χ1v) is 10.8. The van der Waals surface area contributed by atoms with E-state index in [2.05, 4.69) is 10.1 Å². The Hall–Kier alpha value is -2.16. The van der Waals surface area contributed by atoms with Crippen LogP contribution in [0.25, 0.3) is 5.69 Å². The lowest BCUT2D eigenvalue weighted by Gasteiger charge is -2.11. The molecule has 3 aromatic rings. The zero-order chi connectivity index (χ0) is 20.1. The van der Waals surface area contributed by atoms with E-state index >= 15 is 0 Å². The number of phenols is 1. The summed E-state index contributed by atoms with van der Waals surface area (Å²) in [6, 6.07) is 6.42. The van der Waals surface area contributed by atoms with Gasteiger partial charge >= 0.3 is 0 Å². The van der Waals surface area contributed by atoms with E-state index in [1.54, 1.807) is 4.68 Å². The molecule has 0 radical (unpaired) electrons. The number of hydrogen-bond donors (Lipinski definition) is 1. The Morgan fingerprint density at radius 1 is 1.21 bits per heavy atom. The van der Waals surface area contributed by atoms with Crippen molar-refractivity contribution in [1.82, 2.24) is 14.8 Å². The molecule has 1 saturated carbocycles. The predicted molar refractivity (Wildman–Crippen MR) is 102 cm³/mol. The van der Waals surface area contributed by atoms with Crippen molar-refractivity contribution in [2.45, 2.75) is 29.4 Å². The average Bonchev–Trinajstić information content (AvgIpc) is 3.36. The molecule has 0 saturated heterocycles. The van der Waals surface area contributed by atoms with Gasteiger partial charge in [0.15, 0.2) is 15.6 Å². The van der Waals surface area contributed by atoms with Gasteiger partial charge in [0.2, 0.25) is 0 Å². The van der Waals surface area contributed by atoms with Crippen LogP contribution in [0.5, 0.6) is 5.75 Å². The van der Waals surface area contributed by atoms with E-state index in [4.69, 9.17) is 23.2 Å². The summed E-state index contributed by atoms with van der Waals surface area (Å²) >= 11 is 11.7. The molecule has 1 aromatic heterocycles. The molecular formula is C18H14Cl2FN3O3S. The lowest BCUT2D eigenvalue weighted by atomic mass is 10.2. The van der Waals surface area contributed by atoms with Gasteiger partial charge in [-0.05, 0) is 43.2 Å². The molecule has 1 aliphatic rings. The van der Waals surface area contributed by atoms with Crippen molar-refractivity contribution in [3.63, 3.8) is 0 Å². The summed E-state index contributed by atoms with van der Waals surface area (Å²) in [5.74, 6) is -0.905. The SMILES string of the molecule is O=S(=O)(Cc1cc(-n2ncnc2C2CC2)ccc1F)c1cc(Cl)cc(Cl)c1O. The lowest BCUT2D eigenvalue weighted by molar-refractivity contribution is 0.459. The summed E-state index contributed by atoms with van der Waals surface area (Å²) in [5, 5.41) is 14.0. The van der Waals surface area contributed by atoms with Gasteiger partial charge in [0, 0.05) is 16.5 Å². The number of rotatable bonds is 5. The Bertz CT molecular complexity index is 1180. The van der Waals surface area contributed by atoms with Crippen LogP contribution in [0.2, 0.25) is 10.0 Å². The Labute approximate surface area is 170 Å². The van der Waals surface area contributed by atoms with Gasteiger partial charge in [-0.2, -0.15) is 5.10 Å². The van der Waals surface area contributed by atoms with Gasteiger partial charge < -0.3 is 5.11 Å². The van der Waals surface area contributed by atoms with Gasteiger partial charge in [-0.15, -0.1) is 0 Å². The summed E-state index contributed by atoms with van der Waals surface area (Å²) in [4.78, 5) is 3.79. The van der Waals surface area contributed by atoms with Gasteiger partial charge in [-0.3, -0.25) is 0 Å². The third-order valence-electron chi connectivity index (χ3n) is 4.46. The number of nitrogens with zero attached hydrogens (tertiary/aromatic N) is 3. The highest BCUT2D eigenvalue weighted by molar-refractivity contribution is 7.90. The van der Waals surface area contributed by atoms with E-state index in [0.29, 0.717) is 11.6 Å². The summed E-state index contributed by atoms with van der Waals surface area (Å²) in [5.41, 5.74) is 0.449. The Balaban J connectivity index is 1.73. The lowest BCUT2D eigenvalue weighted by Crippen LogP contribution is -2.09. The third kappa shape index (κ3) is 3.59. The molecule has 1 N–H and O–H groups in total. The number of halogens is 3. The van der Waals surface area contributed by atoms with Crippen molar-refractivity contribution in [2.75, 3.05) is 0 Å². The van der Waals surface area contributed by atoms with E-state index in [0.717, 1.165) is 24.7 Å². The first kappa shape index (κ1) is 19.2. The van der Waals surface area contributed by atoms with Gasteiger partial charge in [0.25, 0.3) is 0 Å². The predicted octanol–water partition coefficient (Wildman–Crippen LogP) is 4.27. The Morgan fingerprint density at radius 3 is 2.68 bits per heavy atom. The maximum Gasteiger partial charge on any atom is 0.186 e. The van der Waals surface area contributed by atoms with E-state index < -0.39 is 32.1 Å². The molecule has 28 heavy (non-hydrogen) atoms. The number of hydrogen-bond acceptors (Lipinski definition) is 5. The number of benzene rings is 2. The molecule has 10 heteroatoms. The zero-order valence-corrected chi connectivity index (χ0v) is 16.6. The molecule has 0 bridgehead atoms. The molecule has 0 aliphatic heterocycles. The second-order valence-electron chi connectivity index (χ2n) is 6.57. The van der Waals surface area contributed by atoms with Gasteiger partial charge in [-0.1, -0.05) is 23.2 Å². The van der Waals surface area contributed by atoms with E-state index in [1.165, 1.54) is 30.6 Å². The monoisotopic (exact) mass is 441 g/mol. The third-order valence-corrected chi connectivity index (χ3v) is 6.64. The number of sulfone groups is 1. The minimum absolute atomic E-state index is 0.0484. The highest BCUT2D eigenvalue weighted by Gasteiger charge is 2.29. The van der Waals surface area contributed by atoms with Crippen LogP contribution >= 0.6 is 23.2 Å². The second kappa shape index (κ2) is 7.02. The summed E-state index contributed by atoms with van der Waals surface area (Å²) < 4.78 is 41.5. The van der Waals surface area contributed by atoms with Crippen LogP contribution in [-0.4, -0.2) is 28.3 Å². The standard InChI is InChI=1S/C18H14Cl2FN3O3S/c19-12-6-14(20)17(25)16(7-12)28(26,27)8-11-5-13(3-4-15(11)21)24-18(10-1-2-10)22-9-23-24/h3-7,9-10,25H,1-2,8H2. The highest BCUT2D eigenvalue weighted by Crippen LogP contribution is 2.40. The fourth-order valence-electron chi connectivity index (χ4n) is 2.93. The fraction of sp³-hybridized carbons (Fsp3) is 0.222. The first-order chi connectivity index (χ1) is 13.3. The van der Waals surface area contributed by atoms with Gasteiger partial charge in [0.1, 0.15) is 22.9 Å². The van der Waals surface area contributed by atoms with Crippen LogP contribution in [0.1, 0.15) is 30.1 Å². The molecular weight excluding hydrogens is 428 g/mol. The summed E-state index contributed by atoms with van der Waals surface area (Å²) in [7, 11) is -4.12. The Kier molecular flexibility index (Phi) is 4.81. The van der Waals surface area contributed by atoms with E-state index in [-0.39, 0.29) is 15.6 Å². The zero-order valence-electron chi connectivity index (χ0n) is 14.3. The molecule has 1 heterocycles. The van der Waals surface area contributed by atoms with Crippen molar-refractivity contribution >= 4 is 33.0 Å². The van der Waals surface area contributed by atoms with Crippen LogP contribution in [-0.2, 0) is 15.6 Å². The van der Waals surface area contributed by atoms with E-state index in [1.807, 2.05) is 0 Å². The van der Waals surface area contributed by atoms with Crippen molar-refractivity contribution in [3.05, 3.63) is 63.9 Å². The van der Waals surface area contributed by atoms with Crippen LogP contribution in [0, 0.1) is 5.82 Å². The minimum atomic E-state index is -4.12. The van der Waals surface area contributed by atoms with Crippen molar-refractivity contribution in [1.29, 1.82) is 0 Å². The number of phenolic OH excluding ortho intramolecular Hbond substituents is 1. The molecule has 1 fully saturated rings. The van der Waals surface area contributed by atoms with Gasteiger partial charge in [0.05, 0.1) is 16.5 Å². The molecule has 0 amide bonds. The fourth-order valence-corrected chi connectivity index (χ4v) is 5.05. The van der Waals surface area contributed by atoms with Crippen molar-refractivity contribution in [3.8, 4) is 11.4 Å². The number of aromatic hydroxyl groups is 1. The largest absolute Gasteiger partial charge is 0.505 e. The van der Waals surface area contributed by atoms with Crippen LogP contribution in [0.4, 0.5) is 4.39 Å². The molecule has 0 atom stereocenters. The summed E-state index contributed by atoms with van der Waals surface area (Å²) in [6.07, 6.45) is 3.44. The highest BCUT2D eigenvalue weighted by atomic mass is 35.5. The quantitative estimate of drug-likeness (QED) is 0.638. The van der Waals surface area contributed by atoms with E-state index in [9.17, 15) is 17.9 Å². The van der Waals surface area contributed by atoms with Gasteiger partial charge in [-0.25, -0.2) is 22.5 Å². The van der Waals surface area contributed by atoms with Crippen LogP contribution < -0.4 is 0 Å². The molecule has 6 nitrogen and oxygen atoms in total. The van der Waals surface area contributed by atoms with Crippen molar-refractivity contribution < 1.29 is 17.9 Å². The maximum atomic E-state index is 14.4. The second-order valence-corrected chi connectivity index (χ2v) is 9.38. The maximum absolute atomic E-state index is 14.4. The molecule has 146 valence electrons. The summed E-state index contributed by atoms with van der Waals surface area (Å²) in [6.45, 7) is 0. The molecule has 0 spiro atoms.